The van der Waals surface area contributed by atoms with Gasteiger partial charge in [-0.2, -0.15) is 0 Å². The first-order valence-electron chi connectivity index (χ1n) is 6.79. The molecule has 1 aromatic rings. The van der Waals surface area contributed by atoms with E-state index in [9.17, 15) is 25.2 Å². The average molecular weight is 331 g/mol. The second kappa shape index (κ2) is 9.16. The number of alkyl carbamates (subject to hydrolysis) is 1. The van der Waals surface area contributed by atoms with Crippen molar-refractivity contribution >= 4 is 6.09 Å². The third-order valence-electron chi connectivity index (χ3n) is 3.04. The van der Waals surface area contributed by atoms with Crippen LogP contribution in [0.4, 0.5) is 4.79 Å². The maximum absolute atomic E-state index is 11.6. The lowest BCUT2D eigenvalue weighted by molar-refractivity contribution is -0.0878. The molecule has 9 heteroatoms. The fourth-order valence-corrected chi connectivity index (χ4v) is 1.82. The summed E-state index contributed by atoms with van der Waals surface area (Å²) in [6.07, 6.45) is -4.53. The van der Waals surface area contributed by atoms with Gasteiger partial charge in [-0.3, -0.25) is 0 Å². The number of phenolic OH excluding ortho intramolecular Hbond substituents is 2. The Morgan fingerprint density at radius 2 is 1.83 bits per heavy atom. The predicted molar refractivity (Wildman–Crippen MR) is 77.9 cm³/mol. The van der Waals surface area contributed by atoms with Gasteiger partial charge in [0.2, 0.25) is 0 Å². The lowest BCUT2D eigenvalue weighted by Gasteiger charge is -2.24. The molecule has 1 amide bonds. The molecule has 0 aromatic heterocycles. The van der Waals surface area contributed by atoms with Gasteiger partial charge in [-0.25, -0.2) is 4.79 Å². The molecule has 0 saturated heterocycles. The Hall–Kier alpha value is -2.07. The van der Waals surface area contributed by atoms with E-state index < -0.39 is 31.0 Å². The molecular weight excluding hydrogens is 310 g/mol. The summed E-state index contributed by atoms with van der Waals surface area (Å²) < 4.78 is 9.80. The number of carbonyl (C=O) groups is 1. The number of amides is 1. The van der Waals surface area contributed by atoms with Crippen LogP contribution in [-0.2, 0) is 16.1 Å². The van der Waals surface area contributed by atoms with E-state index in [2.05, 4.69) is 5.32 Å². The summed E-state index contributed by atoms with van der Waals surface area (Å²) in [4.78, 5) is 11.6. The highest BCUT2D eigenvalue weighted by Gasteiger charge is 2.26. The molecule has 0 spiro atoms. The molecule has 0 bridgehead atoms. The van der Waals surface area contributed by atoms with Crippen LogP contribution in [0.25, 0.3) is 0 Å². The van der Waals surface area contributed by atoms with Crippen LogP contribution in [0.5, 0.6) is 11.5 Å². The number of aliphatic hydroxyl groups is 3. The predicted octanol–water partition coefficient (Wildman–Crippen LogP) is -0.947. The number of carbonyl (C=O) groups excluding carboxylic acids is 1. The van der Waals surface area contributed by atoms with Gasteiger partial charge in [0.25, 0.3) is 0 Å². The van der Waals surface area contributed by atoms with Crippen molar-refractivity contribution in [2.24, 2.45) is 0 Å². The van der Waals surface area contributed by atoms with Crippen LogP contribution in [0.2, 0.25) is 0 Å². The van der Waals surface area contributed by atoms with E-state index in [1.807, 2.05) is 0 Å². The highest BCUT2D eigenvalue weighted by molar-refractivity contribution is 5.67. The summed E-state index contributed by atoms with van der Waals surface area (Å²) in [5, 5.41) is 48.7. The van der Waals surface area contributed by atoms with Gasteiger partial charge in [0.05, 0.1) is 6.61 Å². The van der Waals surface area contributed by atoms with Crippen molar-refractivity contribution < 1.29 is 39.8 Å². The second-order valence-electron chi connectivity index (χ2n) is 4.83. The molecule has 9 nitrogen and oxygen atoms in total. The first-order valence-corrected chi connectivity index (χ1v) is 6.79. The van der Waals surface area contributed by atoms with Crippen molar-refractivity contribution in [1.29, 1.82) is 0 Å². The van der Waals surface area contributed by atoms with Crippen LogP contribution in [0.15, 0.2) is 18.2 Å². The van der Waals surface area contributed by atoms with Crippen molar-refractivity contribution in [1.82, 2.24) is 5.32 Å². The first kappa shape index (κ1) is 19.0. The number of aliphatic hydroxyl groups excluding tert-OH is 3. The molecule has 1 rings (SSSR count). The minimum absolute atomic E-state index is 0.154. The first-order chi connectivity index (χ1) is 10.9. The molecule has 1 aromatic carbocycles. The topological polar surface area (TPSA) is 149 Å². The van der Waals surface area contributed by atoms with Gasteiger partial charge in [0.1, 0.15) is 36.4 Å². The van der Waals surface area contributed by atoms with Crippen LogP contribution >= 0.6 is 0 Å². The number of hydrogen-bond acceptors (Lipinski definition) is 8. The monoisotopic (exact) mass is 331 g/mol. The maximum atomic E-state index is 11.6. The third-order valence-corrected chi connectivity index (χ3v) is 3.04. The zero-order chi connectivity index (χ0) is 17.4. The van der Waals surface area contributed by atoms with Crippen LogP contribution in [0.3, 0.4) is 0 Å². The maximum Gasteiger partial charge on any atom is 0.407 e. The minimum Gasteiger partial charge on any atom is -0.508 e. The molecule has 0 aliphatic rings. The van der Waals surface area contributed by atoms with Crippen molar-refractivity contribution in [2.45, 2.75) is 24.9 Å². The molecule has 0 heterocycles. The Kier molecular flexibility index (Phi) is 7.55. The summed E-state index contributed by atoms with van der Waals surface area (Å²) in [5.74, 6) is -0.325. The van der Waals surface area contributed by atoms with Gasteiger partial charge in [-0.05, 0) is 17.7 Å². The molecule has 0 saturated carbocycles. The summed E-state index contributed by atoms with van der Waals surface area (Å²) in [6, 6.07) is 3.79. The van der Waals surface area contributed by atoms with Gasteiger partial charge >= 0.3 is 6.09 Å². The molecular formula is C14H21NO8. The number of ether oxygens (including phenoxy) is 2. The normalized spacial score (nSPS) is 14.8. The summed E-state index contributed by atoms with van der Waals surface area (Å²) in [7, 11) is 1.28. The molecule has 3 atom stereocenters. The van der Waals surface area contributed by atoms with E-state index in [-0.39, 0.29) is 24.7 Å². The molecule has 130 valence electrons. The van der Waals surface area contributed by atoms with Crippen molar-refractivity contribution in [3.8, 4) is 11.5 Å². The lowest BCUT2D eigenvalue weighted by atomic mass is 10.1. The summed E-state index contributed by atoms with van der Waals surface area (Å²) in [5.41, 5.74) is 0.386. The van der Waals surface area contributed by atoms with E-state index in [4.69, 9.17) is 14.6 Å². The summed E-state index contributed by atoms with van der Waals surface area (Å²) in [6.45, 7) is -0.988. The van der Waals surface area contributed by atoms with Crippen molar-refractivity contribution in [2.75, 3.05) is 20.3 Å². The fraction of sp³-hybridized carbons (Fsp3) is 0.500. The Morgan fingerprint density at radius 1 is 1.22 bits per heavy atom. The number of benzene rings is 1. The number of methoxy groups -OCH3 is 1. The molecule has 1 unspecified atom stereocenters. The molecule has 6 N–H and O–H groups in total. The van der Waals surface area contributed by atoms with Gasteiger partial charge in [0.15, 0.2) is 0 Å². The fourth-order valence-electron chi connectivity index (χ4n) is 1.82. The number of nitrogens with one attached hydrogen (secondary N) is 1. The minimum atomic E-state index is -1.40. The largest absolute Gasteiger partial charge is 0.508 e. The molecule has 0 fully saturated rings. The quantitative estimate of drug-likeness (QED) is 0.357. The van der Waals surface area contributed by atoms with Crippen LogP contribution in [-0.4, -0.2) is 70.2 Å². The Balaban J connectivity index is 2.43. The van der Waals surface area contributed by atoms with Crippen LogP contribution < -0.4 is 5.32 Å². The van der Waals surface area contributed by atoms with E-state index in [1.54, 1.807) is 0 Å². The number of hydrogen-bond donors (Lipinski definition) is 6. The standard InChI is InChI=1S/C14H21NO8/c1-22-12(13(20)11(19)6-16)5-15-14(21)23-7-8-2-9(17)4-10(18)3-8/h2-4,11-13,16-20H,5-7H2,1H3,(H,15,21)/t11?,12-,13-/m1/s1. The van der Waals surface area contributed by atoms with E-state index in [0.29, 0.717) is 5.56 Å². The van der Waals surface area contributed by atoms with E-state index >= 15 is 0 Å². The van der Waals surface area contributed by atoms with Crippen LogP contribution in [0, 0.1) is 0 Å². The lowest BCUT2D eigenvalue weighted by Crippen LogP contribution is -2.46. The summed E-state index contributed by atoms with van der Waals surface area (Å²) >= 11 is 0. The van der Waals surface area contributed by atoms with E-state index in [0.717, 1.165) is 6.07 Å². The molecule has 23 heavy (non-hydrogen) atoms. The zero-order valence-corrected chi connectivity index (χ0v) is 12.5. The Labute approximate surface area is 132 Å². The van der Waals surface area contributed by atoms with Gasteiger partial charge < -0.3 is 40.3 Å². The van der Waals surface area contributed by atoms with Crippen molar-refractivity contribution in [3.05, 3.63) is 23.8 Å². The highest BCUT2D eigenvalue weighted by atomic mass is 16.5. The molecule has 0 radical (unpaired) electrons. The Bertz CT molecular complexity index is 489. The van der Waals surface area contributed by atoms with Crippen LogP contribution in [0.1, 0.15) is 5.56 Å². The average Bonchev–Trinajstić information content (AvgIpc) is 2.51. The zero-order valence-electron chi connectivity index (χ0n) is 12.5. The van der Waals surface area contributed by atoms with Gasteiger partial charge in [0, 0.05) is 19.7 Å². The van der Waals surface area contributed by atoms with E-state index in [1.165, 1.54) is 19.2 Å². The molecule has 0 aliphatic heterocycles. The number of phenols is 2. The Morgan fingerprint density at radius 3 is 2.35 bits per heavy atom. The van der Waals surface area contributed by atoms with Crippen molar-refractivity contribution in [3.63, 3.8) is 0 Å². The molecule has 0 aliphatic carbocycles. The number of rotatable bonds is 8. The SMILES string of the molecule is CO[C@H](CNC(=O)OCc1cc(O)cc(O)c1)[C@H](O)C(O)CO. The second-order valence-corrected chi connectivity index (χ2v) is 4.83. The van der Waals surface area contributed by atoms with Gasteiger partial charge in [-0.1, -0.05) is 0 Å². The highest BCUT2D eigenvalue weighted by Crippen LogP contribution is 2.20. The number of aromatic hydroxyl groups is 2. The smallest absolute Gasteiger partial charge is 0.407 e. The van der Waals surface area contributed by atoms with Gasteiger partial charge in [-0.15, -0.1) is 0 Å². The third kappa shape index (κ3) is 6.28.